The SMILES string of the molecule is CC(C)N(CCC#N)C(=O)Nc1cccc(C(=O)O)c1. The molecule has 0 fully saturated rings. The number of benzene rings is 1. The number of nitrogens with one attached hydrogen (secondary N) is 1. The number of rotatable bonds is 5. The van der Waals surface area contributed by atoms with Gasteiger partial charge in [0.1, 0.15) is 0 Å². The molecule has 0 aromatic heterocycles. The van der Waals surface area contributed by atoms with Crippen molar-refractivity contribution < 1.29 is 14.7 Å². The Labute approximate surface area is 117 Å². The summed E-state index contributed by atoms with van der Waals surface area (Å²) in [4.78, 5) is 24.5. The van der Waals surface area contributed by atoms with E-state index in [2.05, 4.69) is 5.32 Å². The number of nitrogens with zero attached hydrogens (tertiary/aromatic N) is 2. The molecule has 0 atom stereocenters. The molecule has 0 aliphatic heterocycles. The van der Waals surface area contributed by atoms with Crippen LogP contribution in [-0.4, -0.2) is 34.6 Å². The zero-order valence-corrected chi connectivity index (χ0v) is 11.5. The highest BCUT2D eigenvalue weighted by Crippen LogP contribution is 2.12. The van der Waals surface area contributed by atoms with Crippen LogP contribution in [0.25, 0.3) is 0 Å². The van der Waals surface area contributed by atoms with Crippen LogP contribution in [0, 0.1) is 11.3 Å². The third kappa shape index (κ3) is 4.28. The van der Waals surface area contributed by atoms with E-state index in [9.17, 15) is 9.59 Å². The number of carboxylic acid groups (broad SMARTS) is 1. The molecule has 0 saturated heterocycles. The molecule has 2 N–H and O–H groups in total. The summed E-state index contributed by atoms with van der Waals surface area (Å²) in [5.41, 5.74) is 0.522. The van der Waals surface area contributed by atoms with Crippen molar-refractivity contribution in [2.75, 3.05) is 11.9 Å². The van der Waals surface area contributed by atoms with E-state index < -0.39 is 5.97 Å². The summed E-state index contributed by atoms with van der Waals surface area (Å²) in [6.07, 6.45) is 0.251. The summed E-state index contributed by atoms with van der Waals surface area (Å²) in [7, 11) is 0. The highest BCUT2D eigenvalue weighted by atomic mass is 16.4. The second-order valence-corrected chi connectivity index (χ2v) is 4.51. The van der Waals surface area contributed by atoms with Gasteiger partial charge in [-0.2, -0.15) is 5.26 Å². The minimum Gasteiger partial charge on any atom is -0.478 e. The molecule has 1 rings (SSSR count). The molecule has 0 aliphatic rings. The fourth-order valence-corrected chi connectivity index (χ4v) is 1.69. The Hall–Kier alpha value is -2.55. The van der Waals surface area contributed by atoms with Crippen molar-refractivity contribution in [3.8, 4) is 6.07 Å². The van der Waals surface area contributed by atoms with Crippen LogP contribution in [0.15, 0.2) is 24.3 Å². The number of hydrogen-bond acceptors (Lipinski definition) is 3. The Morgan fingerprint density at radius 3 is 2.70 bits per heavy atom. The lowest BCUT2D eigenvalue weighted by molar-refractivity contribution is 0.0697. The molecule has 0 bridgehead atoms. The summed E-state index contributed by atoms with van der Waals surface area (Å²) in [5.74, 6) is -1.05. The number of carbonyl (C=O) groups is 2. The predicted molar refractivity (Wildman–Crippen MR) is 74.5 cm³/mol. The lowest BCUT2D eigenvalue weighted by Gasteiger charge is -2.26. The lowest BCUT2D eigenvalue weighted by atomic mass is 10.2. The molecule has 106 valence electrons. The number of anilines is 1. The molecule has 6 heteroatoms. The van der Waals surface area contributed by atoms with Gasteiger partial charge in [-0.05, 0) is 32.0 Å². The van der Waals surface area contributed by atoms with Crippen molar-refractivity contribution in [2.24, 2.45) is 0 Å². The van der Waals surface area contributed by atoms with E-state index in [-0.39, 0.29) is 24.1 Å². The van der Waals surface area contributed by atoms with Crippen LogP contribution in [0.1, 0.15) is 30.6 Å². The van der Waals surface area contributed by atoms with E-state index in [4.69, 9.17) is 10.4 Å². The van der Waals surface area contributed by atoms with Crippen LogP contribution in [0.5, 0.6) is 0 Å². The zero-order valence-electron chi connectivity index (χ0n) is 11.5. The summed E-state index contributed by atoms with van der Waals surface area (Å²) in [6, 6.07) is 7.62. The van der Waals surface area contributed by atoms with E-state index in [1.54, 1.807) is 12.1 Å². The number of urea groups is 1. The molecule has 0 unspecified atom stereocenters. The summed E-state index contributed by atoms with van der Waals surface area (Å²) in [6.45, 7) is 4.04. The quantitative estimate of drug-likeness (QED) is 0.863. The average molecular weight is 275 g/mol. The van der Waals surface area contributed by atoms with Crippen LogP contribution >= 0.6 is 0 Å². The Bertz CT molecular complexity index is 535. The first-order chi connectivity index (χ1) is 9.45. The normalized spacial score (nSPS) is 9.90. The van der Waals surface area contributed by atoms with Gasteiger partial charge in [-0.15, -0.1) is 0 Å². The van der Waals surface area contributed by atoms with Gasteiger partial charge in [0.15, 0.2) is 0 Å². The first kappa shape index (κ1) is 15.5. The molecule has 0 saturated carbocycles. The first-order valence-corrected chi connectivity index (χ1v) is 6.23. The van der Waals surface area contributed by atoms with E-state index in [0.717, 1.165) is 0 Å². The largest absolute Gasteiger partial charge is 0.478 e. The highest BCUT2D eigenvalue weighted by Gasteiger charge is 2.16. The van der Waals surface area contributed by atoms with Crippen LogP contribution in [-0.2, 0) is 0 Å². The third-order valence-electron chi connectivity index (χ3n) is 2.71. The minimum absolute atomic E-state index is 0.0500. The fourth-order valence-electron chi connectivity index (χ4n) is 1.69. The van der Waals surface area contributed by atoms with Gasteiger partial charge in [-0.1, -0.05) is 6.07 Å². The topological polar surface area (TPSA) is 93.4 Å². The smallest absolute Gasteiger partial charge is 0.335 e. The first-order valence-electron chi connectivity index (χ1n) is 6.23. The maximum Gasteiger partial charge on any atom is 0.335 e. The zero-order chi connectivity index (χ0) is 15.1. The number of nitriles is 1. The Morgan fingerprint density at radius 2 is 2.15 bits per heavy atom. The summed E-state index contributed by atoms with van der Waals surface area (Å²) >= 11 is 0. The van der Waals surface area contributed by atoms with E-state index in [0.29, 0.717) is 12.2 Å². The van der Waals surface area contributed by atoms with Crippen molar-refractivity contribution in [2.45, 2.75) is 26.3 Å². The van der Waals surface area contributed by atoms with Crippen molar-refractivity contribution in [1.82, 2.24) is 4.90 Å². The van der Waals surface area contributed by atoms with Gasteiger partial charge in [0, 0.05) is 18.3 Å². The van der Waals surface area contributed by atoms with Crippen LogP contribution in [0.4, 0.5) is 10.5 Å². The van der Waals surface area contributed by atoms with Crippen molar-refractivity contribution in [3.63, 3.8) is 0 Å². The predicted octanol–water partition coefficient (Wildman–Crippen LogP) is 2.54. The summed E-state index contributed by atoms with van der Waals surface area (Å²) in [5, 5.41) is 20.1. The summed E-state index contributed by atoms with van der Waals surface area (Å²) < 4.78 is 0. The van der Waals surface area contributed by atoms with E-state index in [1.807, 2.05) is 19.9 Å². The molecule has 1 aromatic rings. The second-order valence-electron chi connectivity index (χ2n) is 4.51. The minimum atomic E-state index is -1.05. The highest BCUT2D eigenvalue weighted by molar-refractivity contribution is 5.93. The fraction of sp³-hybridized carbons (Fsp3) is 0.357. The van der Waals surface area contributed by atoms with Crippen LogP contribution < -0.4 is 5.32 Å². The number of hydrogen-bond donors (Lipinski definition) is 2. The number of carbonyl (C=O) groups excluding carboxylic acids is 1. The van der Waals surface area contributed by atoms with Crippen molar-refractivity contribution >= 4 is 17.7 Å². The standard InChI is InChI=1S/C14H17N3O3/c1-10(2)17(8-4-7-15)14(20)16-12-6-3-5-11(9-12)13(18)19/h3,5-6,9-10H,4,8H2,1-2H3,(H,16,20)(H,18,19). The molecular weight excluding hydrogens is 258 g/mol. The monoisotopic (exact) mass is 275 g/mol. The Morgan fingerprint density at radius 1 is 1.45 bits per heavy atom. The van der Waals surface area contributed by atoms with Gasteiger partial charge in [0.2, 0.25) is 0 Å². The number of amides is 2. The molecule has 2 amide bonds. The third-order valence-corrected chi connectivity index (χ3v) is 2.71. The maximum absolute atomic E-state index is 12.1. The number of aromatic carboxylic acids is 1. The Balaban J connectivity index is 2.80. The van der Waals surface area contributed by atoms with Gasteiger partial charge in [0.05, 0.1) is 18.1 Å². The average Bonchev–Trinajstić information content (AvgIpc) is 2.39. The van der Waals surface area contributed by atoms with Gasteiger partial charge in [0.25, 0.3) is 0 Å². The van der Waals surface area contributed by atoms with Crippen molar-refractivity contribution in [1.29, 1.82) is 5.26 Å². The number of carboxylic acids is 1. The van der Waals surface area contributed by atoms with Crippen molar-refractivity contribution in [3.05, 3.63) is 29.8 Å². The van der Waals surface area contributed by atoms with Gasteiger partial charge in [-0.25, -0.2) is 9.59 Å². The van der Waals surface area contributed by atoms with Gasteiger partial charge < -0.3 is 15.3 Å². The molecular formula is C14H17N3O3. The van der Waals surface area contributed by atoms with Gasteiger partial charge in [-0.3, -0.25) is 0 Å². The molecule has 0 heterocycles. The molecule has 20 heavy (non-hydrogen) atoms. The van der Waals surface area contributed by atoms with Crippen LogP contribution in [0.2, 0.25) is 0 Å². The molecule has 0 aliphatic carbocycles. The molecule has 6 nitrogen and oxygen atoms in total. The maximum atomic E-state index is 12.1. The molecule has 1 aromatic carbocycles. The van der Waals surface area contributed by atoms with E-state index >= 15 is 0 Å². The molecule has 0 spiro atoms. The lowest BCUT2D eigenvalue weighted by Crippen LogP contribution is -2.40. The van der Waals surface area contributed by atoms with E-state index in [1.165, 1.54) is 17.0 Å². The molecule has 0 radical (unpaired) electrons. The Kier molecular flexibility index (Phi) is 5.54. The van der Waals surface area contributed by atoms with Gasteiger partial charge >= 0.3 is 12.0 Å². The van der Waals surface area contributed by atoms with Crippen LogP contribution in [0.3, 0.4) is 0 Å². The second kappa shape index (κ2) is 7.14.